The van der Waals surface area contributed by atoms with Gasteiger partial charge >= 0.3 is 16.1 Å². The highest BCUT2D eigenvalue weighted by atomic mass is 32.2. The van der Waals surface area contributed by atoms with Gasteiger partial charge in [0.15, 0.2) is 5.75 Å². The third-order valence-electron chi connectivity index (χ3n) is 4.22. The number of aromatic nitrogens is 2. The summed E-state index contributed by atoms with van der Waals surface area (Å²) in [6, 6.07) is 9.96. The number of ether oxygens (including phenoxy) is 2. The fraction of sp³-hybridized carbons (Fsp3) is 0.190. The number of esters is 1. The van der Waals surface area contributed by atoms with E-state index in [4.69, 9.17) is 13.7 Å². The van der Waals surface area contributed by atoms with Crippen LogP contribution in [0.5, 0.6) is 11.5 Å². The molecule has 1 aromatic heterocycles. The topological polar surface area (TPSA) is 114 Å². The molecule has 3 rings (SSSR count). The Morgan fingerprint density at radius 2 is 1.78 bits per heavy atom. The molecule has 0 unspecified atom stereocenters. The Kier molecular flexibility index (Phi) is 6.58. The summed E-state index contributed by atoms with van der Waals surface area (Å²) in [5, 5.41) is 3.92. The van der Waals surface area contributed by atoms with Crippen LogP contribution in [0.2, 0.25) is 0 Å². The predicted octanol–water partition coefficient (Wildman–Crippen LogP) is 2.63. The number of aryl methyl sites for hydroxylation is 1. The second kappa shape index (κ2) is 9.18. The van der Waals surface area contributed by atoms with Crippen LogP contribution in [0, 0.1) is 12.7 Å². The highest BCUT2D eigenvalue weighted by Gasteiger charge is 2.28. The van der Waals surface area contributed by atoms with Gasteiger partial charge < -0.3 is 13.7 Å². The Labute approximate surface area is 183 Å². The minimum absolute atomic E-state index is 0.0147. The zero-order valence-corrected chi connectivity index (χ0v) is 18.2. The van der Waals surface area contributed by atoms with Crippen molar-refractivity contribution < 1.29 is 31.3 Å². The molecular formula is C21H19FN2O7S. The molecule has 0 N–H and O–H groups in total. The molecule has 0 spiro atoms. The van der Waals surface area contributed by atoms with Crippen molar-refractivity contribution in [3.63, 3.8) is 0 Å². The molecule has 1 heterocycles. The van der Waals surface area contributed by atoms with E-state index in [0.717, 1.165) is 22.9 Å². The molecule has 0 atom stereocenters. The number of methoxy groups -OCH3 is 1. The maximum atomic E-state index is 13.2. The van der Waals surface area contributed by atoms with E-state index in [2.05, 4.69) is 5.10 Å². The Hall–Kier alpha value is -3.73. The number of rotatable bonds is 7. The lowest BCUT2D eigenvalue weighted by Gasteiger charge is -2.14. The van der Waals surface area contributed by atoms with Crippen molar-refractivity contribution in [1.29, 1.82) is 0 Å². The summed E-state index contributed by atoms with van der Waals surface area (Å²) in [7, 11) is -3.23. The molecule has 32 heavy (non-hydrogen) atoms. The van der Waals surface area contributed by atoms with Gasteiger partial charge in [0.2, 0.25) is 5.69 Å². The molecule has 3 aromatic rings. The SMILES string of the molecule is CCOC(=O)c1nn(-c2ccc(F)cc2)c(=O)cc1OS(=O)(=O)c1cc(C)ccc1OC. The molecule has 0 saturated heterocycles. The lowest BCUT2D eigenvalue weighted by atomic mass is 10.2. The van der Waals surface area contributed by atoms with Gasteiger partial charge in [-0.15, -0.1) is 0 Å². The highest BCUT2D eigenvalue weighted by Crippen LogP contribution is 2.28. The Balaban J connectivity index is 2.14. The summed E-state index contributed by atoms with van der Waals surface area (Å²) in [6.07, 6.45) is 0. The van der Waals surface area contributed by atoms with Crippen LogP contribution in [-0.4, -0.2) is 37.9 Å². The molecular weight excluding hydrogens is 443 g/mol. The van der Waals surface area contributed by atoms with E-state index in [1.54, 1.807) is 19.9 Å². The summed E-state index contributed by atoms with van der Waals surface area (Å²) in [4.78, 5) is 24.8. The van der Waals surface area contributed by atoms with Crippen LogP contribution in [0.15, 0.2) is 58.2 Å². The summed E-state index contributed by atoms with van der Waals surface area (Å²) >= 11 is 0. The van der Waals surface area contributed by atoms with E-state index in [0.29, 0.717) is 5.56 Å². The van der Waals surface area contributed by atoms with Gasteiger partial charge in [-0.2, -0.15) is 18.2 Å². The first-order valence-electron chi connectivity index (χ1n) is 9.33. The third kappa shape index (κ3) is 4.78. The monoisotopic (exact) mass is 462 g/mol. The van der Waals surface area contributed by atoms with Gasteiger partial charge in [0.1, 0.15) is 16.5 Å². The van der Waals surface area contributed by atoms with Crippen LogP contribution >= 0.6 is 0 Å². The van der Waals surface area contributed by atoms with Crippen LogP contribution in [0.3, 0.4) is 0 Å². The molecule has 2 aromatic carbocycles. The first kappa shape index (κ1) is 22.9. The van der Waals surface area contributed by atoms with E-state index in [-0.39, 0.29) is 22.9 Å². The Bertz CT molecular complexity index is 1320. The standard InChI is InChI=1S/C21H19FN2O7S/c1-4-30-21(26)20-17(12-19(25)24(23-20)15-8-6-14(22)7-9-15)31-32(27,28)18-11-13(2)5-10-16(18)29-3/h5-12H,4H2,1-3H3. The molecule has 0 saturated carbocycles. The van der Waals surface area contributed by atoms with Crippen molar-refractivity contribution in [3.8, 4) is 17.2 Å². The van der Waals surface area contributed by atoms with Crippen molar-refractivity contribution >= 4 is 16.1 Å². The van der Waals surface area contributed by atoms with Gasteiger partial charge in [-0.25, -0.2) is 9.18 Å². The number of benzene rings is 2. The maximum Gasteiger partial charge on any atom is 0.362 e. The minimum Gasteiger partial charge on any atom is -0.495 e. The van der Waals surface area contributed by atoms with Gasteiger partial charge in [0.25, 0.3) is 5.56 Å². The number of carbonyl (C=O) groups excluding carboxylic acids is 1. The van der Waals surface area contributed by atoms with Crippen molar-refractivity contribution in [2.45, 2.75) is 18.7 Å². The van der Waals surface area contributed by atoms with Gasteiger partial charge in [-0.05, 0) is 55.8 Å². The summed E-state index contributed by atoms with van der Waals surface area (Å²) in [6.45, 7) is 3.19. The zero-order valence-electron chi connectivity index (χ0n) is 17.4. The van der Waals surface area contributed by atoms with E-state index >= 15 is 0 Å². The summed E-state index contributed by atoms with van der Waals surface area (Å²) < 4.78 is 55.1. The van der Waals surface area contributed by atoms with Crippen LogP contribution in [0.25, 0.3) is 5.69 Å². The Morgan fingerprint density at radius 3 is 2.41 bits per heavy atom. The summed E-state index contributed by atoms with van der Waals surface area (Å²) in [5.41, 5.74) is -0.600. The quantitative estimate of drug-likeness (QED) is 0.389. The molecule has 0 fully saturated rings. The first-order valence-corrected chi connectivity index (χ1v) is 10.7. The van der Waals surface area contributed by atoms with Gasteiger partial charge in [0.05, 0.1) is 25.5 Å². The number of halogens is 1. The fourth-order valence-electron chi connectivity index (χ4n) is 2.75. The van der Waals surface area contributed by atoms with Crippen LogP contribution in [0.4, 0.5) is 4.39 Å². The van der Waals surface area contributed by atoms with Crippen LogP contribution in [-0.2, 0) is 14.9 Å². The third-order valence-corrected chi connectivity index (χ3v) is 5.48. The molecule has 168 valence electrons. The second-order valence-electron chi connectivity index (χ2n) is 6.50. The molecule has 0 aliphatic rings. The normalized spacial score (nSPS) is 11.1. The molecule has 0 amide bonds. The molecule has 0 aliphatic heterocycles. The average molecular weight is 462 g/mol. The largest absolute Gasteiger partial charge is 0.495 e. The van der Waals surface area contributed by atoms with Gasteiger partial charge in [-0.1, -0.05) is 6.07 Å². The van der Waals surface area contributed by atoms with Crippen molar-refractivity contribution in [1.82, 2.24) is 9.78 Å². The van der Waals surface area contributed by atoms with Crippen molar-refractivity contribution in [2.24, 2.45) is 0 Å². The fourth-order valence-corrected chi connectivity index (χ4v) is 3.94. The van der Waals surface area contributed by atoms with Crippen molar-refractivity contribution in [3.05, 3.63) is 76.0 Å². The average Bonchev–Trinajstić information content (AvgIpc) is 2.74. The van der Waals surface area contributed by atoms with E-state index in [9.17, 15) is 22.4 Å². The smallest absolute Gasteiger partial charge is 0.362 e. The summed E-state index contributed by atoms with van der Waals surface area (Å²) in [5.74, 6) is -2.15. The highest BCUT2D eigenvalue weighted by molar-refractivity contribution is 7.87. The number of carbonyl (C=O) groups is 1. The van der Waals surface area contributed by atoms with E-state index in [1.807, 2.05) is 0 Å². The number of hydrogen-bond acceptors (Lipinski definition) is 8. The van der Waals surface area contributed by atoms with E-state index < -0.39 is 38.9 Å². The number of hydrogen-bond donors (Lipinski definition) is 0. The van der Waals surface area contributed by atoms with Crippen LogP contribution in [0.1, 0.15) is 23.0 Å². The zero-order chi connectivity index (χ0) is 23.5. The van der Waals surface area contributed by atoms with E-state index in [1.165, 1.54) is 31.4 Å². The predicted molar refractivity (Wildman–Crippen MR) is 111 cm³/mol. The van der Waals surface area contributed by atoms with Crippen LogP contribution < -0.4 is 14.5 Å². The molecule has 0 aliphatic carbocycles. The molecule has 11 heteroatoms. The lowest BCUT2D eigenvalue weighted by molar-refractivity contribution is 0.0515. The second-order valence-corrected chi connectivity index (χ2v) is 8.01. The van der Waals surface area contributed by atoms with Gasteiger partial charge in [-0.3, -0.25) is 4.79 Å². The van der Waals surface area contributed by atoms with Gasteiger partial charge in [0, 0.05) is 0 Å². The molecule has 9 nitrogen and oxygen atoms in total. The maximum absolute atomic E-state index is 13.2. The molecule has 0 bridgehead atoms. The first-order chi connectivity index (χ1) is 15.2. The van der Waals surface area contributed by atoms with Crippen molar-refractivity contribution in [2.75, 3.05) is 13.7 Å². The number of nitrogens with zero attached hydrogens (tertiary/aromatic N) is 2. The lowest BCUT2D eigenvalue weighted by Crippen LogP contribution is -2.26. The Morgan fingerprint density at radius 1 is 1.09 bits per heavy atom. The minimum atomic E-state index is -4.52. The molecule has 0 radical (unpaired) electrons.